The van der Waals surface area contributed by atoms with Gasteiger partial charge in [-0.05, 0) is 31.2 Å². The second-order valence-electron chi connectivity index (χ2n) is 6.72. The number of rotatable bonds is 2. The highest BCUT2D eigenvalue weighted by Gasteiger charge is 2.35. The zero-order valence-electron chi connectivity index (χ0n) is 13.7. The van der Waals surface area contributed by atoms with Crippen LogP contribution >= 0.6 is 0 Å². The van der Waals surface area contributed by atoms with Gasteiger partial charge in [0.25, 0.3) is 0 Å². The molecule has 24 heavy (non-hydrogen) atoms. The van der Waals surface area contributed by atoms with Crippen molar-refractivity contribution in [2.24, 2.45) is 0 Å². The molecule has 1 aromatic carbocycles. The van der Waals surface area contributed by atoms with Crippen molar-refractivity contribution < 1.29 is 9.50 Å². The van der Waals surface area contributed by atoms with E-state index in [0.717, 1.165) is 42.1 Å². The smallest absolute Gasteiger partial charge is 0.137 e. The van der Waals surface area contributed by atoms with Crippen LogP contribution in [0.25, 0.3) is 0 Å². The Labute approximate surface area is 140 Å². The zero-order chi connectivity index (χ0) is 16.7. The van der Waals surface area contributed by atoms with E-state index in [0.29, 0.717) is 13.0 Å². The van der Waals surface area contributed by atoms with Crippen LogP contribution in [0.15, 0.2) is 30.6 Å². The number of β-amino-alcohol motifs (C(OH)–C–C–N with tert-alkyl or cyclic N) is 1. The maximum atomic E-state index is 13.7. The van der Waals surface area contributed by atoms with Crippen LogP contribution in [0.2, 0.25) is 0 Å². The zero-order valence-corrected chi connectivity index (χ0v) is 13.7. The Morgan fingerprint density at radius 2 is 2.17 bits per heavy atom. The maximum Gasteiger partial charge on any atom is 0.137 e. The van der Waals surface area contributed by atoms with E-state index >= 15 is 0 Å². The molecule has 3 heterocycles. The molecule has 1 aromatic heterocycles. The van der Waals surface area contributed by atoms with Gasteiger partial charge in [0, 0.05) is 31.6 Å². The normalized spacial score (nSPS) is 24.2. The largest absolute Gasteiger partial charge is 0.391 e. The van der Waals surface area contributed by atoms with E-state index in [1.54, 1.807) is 18.5 Å². The molecule has 0 unspecified atom stereocenters. The lowest BCUT2D eigenvalue weighted by Gasteiger charge is -2.31. The maximum absolute atomic E-state index is 13.7. The Morgan fingerprint density at radius 1 is 1.29 bits per heavy atom. The second kappa shape index (κ2) is 6.11. The molecule has 1 fully saturated rings. The van der Waals surface area contributed by atoms with Crippen LogP contribution in [0.3, 0.4) is 0 Å². The Balaban J connectivity index is 1.75. The first-order valence-corrected chi connectivity index (χ1v) is 8.33. The van der Waals surface area contributed by atoms with E-state index in [-0.39, 0.29) is 11.9 Å². The first kappa shape index (κ1) is 15.5. The highest BCUT2D eigenvalue weighted by atomic mass is 19.1. The van der Waals surface area contributed by atoms with Crippen molar-refractivity contribution in [2.45, 2.75) is 31.5 Å². The number of nitrogens with zero attached hydrogens (tertiary/aromatic N) is 4. The average molecular weight is 328 g/mol. The number of anilines is 1. The SMILES string of the molecule is CN1CCc2ncnc(N3C[C@H](O)C[C@H]3c3cccc(F)c3)c2C1. The molecule has 0 amide bonds. The lowest BCUT2D eigenvalue weighted by Crippen LogP contribution is -2.32. The molecule has 0 saturated carbocycles. The molecule has 6 heteroatoms. The summed E-state index contributed by atoms with van der Waals surface area (Å²) in [5.41, 5.74) is 3.09. The van der Waals surface area contributed by atoms with Crippen molar-refractivity contribution in [3.05, 3.63) is 53.2 Å². The number of hydrogen-bond acceptors (Lipinski definition) is 5. The van der Waals surface area contributed by atoms with E-state index in [1.807, 2.05) is 6.07 Å². The number of fused-ring (bicyclic) bond motifs is 1. The highest BCUT2D eigenvalue weighted by Crippen LogP contribution is 2.38. The molecule has 126 valence electrons. The predicted octanol–water partition coefficient (Wildman–Crippen LogP) is 1.92. The van der Waals surface area contributed by atoms with Gasteiger partial charge in [-0.2, -0.15) is 0 Å². The van der Waals surface area contributed by atoms with Crippen molar-refractivity contribution in [2.75, 3.05) is 25.0 Å². The summed E-state index contributed by atoms with van der Waals surface area (Å²) in [6.07, 6.45) is 2.65. The lowest BCUT2D eigenvalue weighted by atomic mass is 10.0. The topological polar surface area (TPSA) is 52.5 Å². The van der Waals surface area contributed by atoms with Crippen molar-refractivity contribution in [3.8, 4) is 0 Å². The number of likely N-dealkylation sites (N-methyl/N-ethyl adjacent to an activating group) is 1. The summed E-state index contributed by atoms with van der Waals surface area (Å²) < 4.78 is 13.7. The van der Waals surface area contributed by atoms with Crippen LogP contribution in [0.4, 0.5) is 10.2 Å². The summed E-state index contributed by atoms with van der Waals surface area (Å²) in [5.74, 6) is 0.621. The minimum atomic E-state index is -0.440. The molecule has 2 atom stereocenters. The van der Waals surface area contributed by atoms with Crippen LogP contribution in [-0.2, 0) is 13.0 Å². The first-order chi connectivity index (χ1) is 11.6. The van der Waals surface area contributed by atoms with E-state index in [4.69, 9.17) is 0 Å². The van der Waals surface area contributed by atoms with E-state index in [1.165, 1.54) is 6.07 Å². The molecule has 2 aliphatic heterocycles. The first-order valence-electron chi connectivity index (χ1n) is 8.33. The fourth-order valence-corrected chi connectivity index (χ4v) is 3.79. The lowest BCUT2D eigenvalue weighted by molar-refractivity contribution is 0.194. The molecule has 0 spiro atoms. The van der Waals surface area contributed by atoms with Gasteiger partial charge in [0.2, 0.25) is 0 Å². The fourth-order valence-electron chi connectivity index (χ4n) is 3.79. The van der Waals surface area contributed by atoms with Crippen LogP contribution in [0.1, 0.15) is 29.3 Å². The van der Waals surface area contributed by atoms with Gasteiger partial charge in [-0.1, -0.05) is 12.1 Å². The Bertz CT molecular complexity index is 754. The molecule has 4 rings (SSSR count). The van der Waals surface area contributed by atoms with E-state index in [9.17, 15) is 9.50 Å². The highest BCUT2D eigenvalue weighted by molar-refractivity contribution is 5.53. The number of aliphatic hydroxyl groups is 1. The minimum absolute atomic E-state index is 0.0677. The number of aromatic nitrogens is 2. The third kappa shape index (κ3) is 2.76. The van der Waals surface area contributed by atoms with Crippen LogP contribution in [0, 0.1) is 5.82 Å². The summed E-state index contributed by atoms with van der Waals surface area (Å²) in [6, 6.07) is 6.56. The minimum Gasteiger partial charge on any atom is -0.391 e. The molecule has 1 saturated heterocycles. The Morgan fingerprint density at radius 3 is 3.00 bits per heavy atom. The molecule has 2 aromatic rings. The van der Waals surface area contributed by atoms with Crippen LogP contribution < -0.4 is 4.90 Å². The summed E-state index contributed by atoms with van der Waals surface area (Å²) in [5, 5.41) is 10.2. The summed E-state index contributed by atoms with van der Waals surface area (Å²) in [7, 11) is 2.09. The second-order valence-corrected chi connectivity index (χ2v) is 6.72. The van der Waals surface area contributed by atoms with Gasteiger partial charge in [0.15, 0.2) is 0 Å². The molecule has 1 N–H and O–H groups in total. The van der Waals surface area contributed by atoms with Gasteiger partial charge in [-0.25, -0.2) is 14.4 Å². The average Bonchev–Trinajstić information content (AvgIpc) is 2.96. The van der Waals surface area contributed by atoms with Crippen molar-refractivity contribution in [3.63, 3.8) is 0 Å². The fraction of sp³-hybridized carbons (Fsp3) is 0.444. The number of aliphatic hydroxyl groups excluding tert-OH is 1. The number of benzene rings is 1. The molecule has 0 radical (unpaired) electrons. The van der Waals surface area contributed by atoms with Gasteiger partial charge in [-0.15, -0.1) is 0 Å². The monoisotopic (exact) mass is 328 g/mol. The van der Waals surface area contributed by atoms with Crippen LogP contribution in [-0.4, -0.2) is 46.2 Å². The van der Waals surface area contributed by atoms with Crippen molar-refractivity contribution in [1.82, 2.24) is 14.9 Å². The predicted molar refractivity (Wildman–Crippen MR) is 89.2 cm³/mol. The van der Waals surface area contributed by atoms with Crippen molar-refractivity contribution >= 4 is 5.82 Å². The van der Waals surface area contributed by atoms with E-state index in [2.05, 4.69) is 26.8 Å². The number of hydrogen-bond donors (Lipinski definition) is 1. The summed E-state index contributed by atoms with van der Waals surface area (Å²) in [4.78, 5) is 13.3. The molecule has 2 aliphatic rings. The summed E-state index contributed by atoms with van der Waals surface area (Å²) in [6.45, 7) is 2.29. The molecule has 5 nitrogen and oxygen atoms in total. The third-order valence-electron chi connectivity index (χ3n) is 4.95. The Kier molecular flexibility index (Phi) is 3.94. The van der Waals surface area contributed by atoms with Gasteiger partial charge < -0.3 is 14.9 Å². The standard InChI is InChI=1S/C18H21FN4O/c1-22-6-5-16-15(10-22)18(21-11-20-16)23-9-14(24)8-17(23)12-3-2-4-13(19)7-12/h2-4,7,11,14,17,24H,5-6,8-10H2,1H3/t14-,17+/m1/s1. The molecular weight excluding hydrogens is 307 g/mol. The van der Waals surface area contributed by atoms with Gasteiger partial charge in [0.1, 0.15) is 18.0 Å². The van der Waals surface area contributed by atoms with Gasteiger partial charge in [0.05, 0.1) is 17.8 Å². The van der Waals surface area contributed by atoms with E-state index < -0.39 is 6.10 Å². The summed E-state index contributed by atoms with van der Waals surface area (Å²) >= 11 is 0. The molecular formula is C18H21FN4O. The quantitative estimate of drug-likeness (QED) is 0.913. The molecule has 0 aliphatic carbocycles. The number of halogens is 1. The molecule has 0 bridgehead atoms. The van der Waals surface area contributed by atoms with Crippen LogP contribution in [0.5, 0.6) is 0 Å². The van der Waals surface area contributed by atoms with Gasteiger partial charge >= 0.3 is 0 Å². The van der Waals surface area contributed by atoms with Crippen molar-refractivity contribution in [1.29, 1.82) is 0 Å². The van der Waals surface area contributed by atoms with Gasteiger partial charge in [-0.3, -0.25) is 0 Å². The Hall–Kier alpha value is -2.05. The third-order valence-corrected chi connectivity index (χ3v) is 4.95.